The predicted molar refractivity (Wildman–Crippen MR) is 35.1 cm³/mol. The van der Waals surface area contributed by atoms with Crippen LogP contribution in [0.15, 0.2) is 23.2 Å². The molecule has 0 atom stereocenters. The summed E-state index contributed by atoms with van der Waals surface area (Å²) in [6.45, 7) is 0. The van der Waals surface area contributed by atoms with Gasteiger partial charge >= 0.3 is 0 Å². The van der Waals surface area contributed by atoms with Crippen LogP contribution in [0, 0.1) is 6.08 Å². The Labute approximate surface area is 53.6 Å². The minimum atomic E-state index is 0.548. The molecule has 0 fully saturated rings. The van der Waals surface area contributed by atoms with Crippen LogP contribution in [0.1, 0.15) is 6.42 Å². The summed E-state index contributed by atoms with van der Waals surface area (Å²) in [4.78, 5) is 13.4. The van der Waals surface area contributed by atoms with Gasteiger partial charge in [-0.3, -0.25) is 4.79 Å². The zero-order valence-electron chi connectivity index (χ0n) is 4.87. The quantitative estimate of drug-likeness (QED) is 0.473. The molecule has 9 heavy (non-hydrogen) atoms. The fourth-order valence-corrected chi connectivity index (χ4v) is 0.609. The van der Waals surface area contributed by atoms with Crippen molar-refractivity contribution >= 4 is 12.1 Å². The van der Waals surface area contributed by atoms with Crippen LogP contribution in [0.25, 0.3) is 0 Å². The molecule has 0 bridgehead atoms. The van der Waals surface area contributed by atoms with Crippen LogP contribution in [0.3, 0.4) is 0 Å². The summed E-state index contributed by atoms with van der Waals surface area (Å²) in [5.41, 5.74) is 0.771. The number of carbonyl (C=O) groups is 1. The average molecular weight is 120 g/mol. The van der Waals surface area contributed by atoms with Crippen molar-refractivity contribution in [1.29, 1.82) is 0 Å². The van der Waals surface area contributed by atoms with E-state index < -0.39 is 0 Å². The maximum Gasteiger partial charge on any atom is 0.233 e. The van der Waals surface area contributed by atoms with Crippen LogP contribution in [0.5, 0.6) is 0 Å². The first kappa shape index (κ1) is 5.95. The Kier molecular flexibility index (Phi) is 1.96. The Morgan fingerprint density at radius 2 is 2.67 bits per heavy atom. The fraction of sp³-hybridized carbons (Fsp3) is 0.143. The lowest BCUT2D eigenvalue weighted by Crippen LogP contribution is -1.93. The molecule has 1 aliphatic carbocycles. The average Bonchev–Trinajstić information content (AvgIpc) is 1.91. The molecule has 0 aliphatic heterocycles. The smallest absolute Gasteiger partial charge is 0.233 e. The second-order valence-electron chi connectivity index (χ2n) is 1.64. The minimum absolute atomic E-state index is 0.548. The fourth-order valence-electron chi connectivity index (χ4n) is 0.609. The number of carbonyl (C=O) groups excluding carboxylic acids is 1. The van der Waals surface area contributed by atoms with E-state index in [1.54, 1.807) is 6.08 Å². The van der Waals surface area contributed by atoms with E-state index in [1.807, 2.05) is 12.2 Å². The van der Waals surface area contributed by atoms with E-state index in [2.05, 4.69) is 11.1 Å². The number of hydrogen-bond donors (Lipinski definition) is 0. The lowest BCUT2D eigenvalue weighted by Gasteiger charge is -1.94. The second-order valence-corrected chi connectivity index (χ2v) is 1.64. The Hall–Kier alpha value is -1.18. The van der Waals surface area contributed by atoms with Crippen molar-refractivity contribution in [2.75, 3.05) is 0 Å². The maximum atomic E-state index is 9.81. The van der Waals surface area contributed by atoms with Gasteiger partial charge in [0.2, 0.25) is 6.41 Å². The van der Waals surface area contributed by atoms with Crippen molar-refractivity contribution in [1.82, 2.24) is 0 Å². The van der Waals surface area contributed by atoms with Crippen molar-refractivity contribution in [3.63, 3.8) is 0 Å². The van der Waals surface area contributed by atoms with Gasteiger partial charge in [-0.1, -0.05) is 12.2 Å². The molecule has 45 valence electrons. The van der Waals surface area contributed by atoms with Crippen molar-refractivity contribution in [2.45, 2.75) is 6.42 Å². The van der Waals surface area contributed by atoms with Crippen LogP contribution in [-0.4, -0.2) is 12.1 Å². The molecule has 0 N–H and O–H groups in total. The van der Waals surface area contributed by atoms with Gasteiger partial charge in [0, 0.05) is 12.1 Å². The molecular formula is C7H6NO. The number of nitrogens with zero attached hydrogens (tertiary/aromatic N) is 1. The first-order valence-electron chi connectivity index (χ1n) is 2.68. The summed E-state index contributed by atoms with van der Waals surface area (Å²) in [5, 5.41) is 0. The zero-order chi connectivity index (χ0) is 6.53. The van der Waals surface area contributed by atoms with E-state index in [0.29, 0.717) is 6.41 Å². The number of amides is 1. The Bertz CT molecular complexity index is 189. The predicted octanol–water partition coefficient (Wildman–Crippen LogP) is 0.903. The minimum Gasteiger partial charge on any atom is -0.276 e. The molecule has 0 aromatic carbocycles. The summed E-state index contributed by atoms with van der Waals surface area (Å²) in [7, 11) is 0. The lowest BCUT2D eigenvalue weighted by molar-refractivity contribution is -0.106. The summed E-state index contributed by atoms with van der Waals surface area (Å²) in [6, 6.07) is 0. The standard InChI is InChI=1S/C7H6NO/c9-6-8-7-4-2-1-3-5-7/h1-2,5-6H,4H2. The first-order valence-corrected chi connectivity index (χ1v) is 2.68. The Balaban J connectivity index is 2.65. The highest BCUT2D eigenvalue weighted by Crippen LogP contribution is 1.96. The summed E-state index contributed by atoms with van der Waals surface area (Å²) < 4.78 is 0. The highest BCUT2D eigenvalue weighted by atomic mass is 16.1. The number of hydrogen-bond acceptors (Lipinski definition) is 1. The third kappa shape index (κ3) is 1.64. The normalized spacial score (nSPS) is 20.7. The molecule has 0 spiro atoms. The molecule has 0 saturated heterocycles. The van der Waals surface area contributed by atoms with E-state index in [4.69, 9.17) is 0 Å². The van der Waals surface area contributed by atoms with Gasteiger partial charge in [-0.05, 0) is 12.2 Å². The summed E-state index contributed by atoms with van der Waals surface area (Å²) >= 11 is 0. The summed E-state index contributed by atoms with van der Waals surface area (Å²) in [6.07, 6.45) is 9.53. The van der Waals surface area contributed by atoms with E-state index in [0.717, 1.165) is 12.1 Å². The van der Waals surface area contributed by atoms with E-state index >= 15 is 0 Å². The highest BCUT2D eigenvalue weighted by Gasteiger charge is 1.92. The molecule has 2 nitrogen and oxygen atoms in total. The van der Waals surface area contributed by atoms with Gasteiger partial charge in [-0.15, -0.1) is 0 Å². The first-order chi connectivity index (χ1) is 4.43. The van der Waals surface area contributed by atoms with Gasteiger partial charge in [0.05, 0.1) is 0 Å². The van der Waals surface area contributed by atoms with E-state index in [9.17, 15) is 4.79 Å². The van der Waals surface area contributed by atoms with E-state index in [1.165, 1.54) is 0 Å². The van der Waals surface area contributed by atoms with Crippen LogP contribution in [-0.2, 0) is 4.79 Å². The molecule has 1 aliphatic rings. The zero-order valence-corrected chi connectivity index (χ0v) is 4.87. The third-order valence-electron chi connectivity index (χ3n) is 1.01. The highest BCUT2D eigenvalue weighted by molar-refractivity contribution is 5.99. The van der Waals surface area contributed by atoms with Crippen molar-refractivity contribution < 1.29 is 4.79 Å². The number of aliphatic imine (C=N–C) groups is 1. The van der Waals surface area contributed by atoms with Gasteiger partial charge < -0.3 is 0 Å². The molecule has 2 heteroatoms. The van der Waals surface area contributed by atoms with Crippen LogP contribution < -0.4 is 0 Å². The molecule has 0 saturated carbocycles. The van der Waals surface area contributed by atoms with Crippen molar-refractivity contribution in [3.05, 3.63) is 24.3 Å². The van der Waals surface area contributed by atoms with Crippen molar-refractivity contribution in [2.24, 2.45) is 4.99 Å². The molecule has 0 aromatic rings. The molecule has 1 amide bonds. The maximum absolute atomic E-state index is 9.81. The topological polar surface area (TPSA) is 29.4 Å². The van der Waals surface area contributed by atoms with Gasteiger partial charge in [0.15, 0.2) is 0 Å². The van der Waals surface area contributed by atoms with Crippen LogP contribution in [0.4, 0.5) is 0 Å². The lowest BCUT2D eigenvalue weighted by atomic mass is 10.2. The van der Waals surface area contributed by atoms with Crippen LogP contribution in [0.2, 0.25) is 0 Å². The molecule has 0 aromatic heterocycles. The Morgan fingerprint density at radius 3 is 3.22 bits per heavy atom. The molecule has 1 radical (unpaired) electrons. The monoisotopic (exact) mass is 120 g/mol. The van der Waals surface area contributed by atoms with Gasteiger partial charge in [0.1, 0.15) is 0 Å². The van der Waals surface area contributed by atoms with E-state index in [-0.39, 0.29) is 0 Å². The molecular weight excluding hydrogens is 114 g/mol. The number of rotatable bonds is 1. The Morgan fingerprint density at radius 1 is 1.78 bits per heavy atom. The second kappa shape index (κ2) is 2.97. The van der Waals surface area contributed by atoms with Crippen LogP contribution >= 0.6 is 0 Å². The van der Waals surface area contributed by atoms with Crippen molar-refractivity contribution in [3.8, 4) is 0 Å². The van der Waals surface area contributed by atoms with Gasteiger partial charge in [-0.2, -0.15) is 0 Å². The third-order valence-corrected chi connectivity index (χ3v) is 1.01. The number of allylic oxidation sites excluding steroid dienone is 4. The molecule has 0 unspecified atom stereocenters. The largest absolute Gasteiger partial charge is 0.276 e. The molecule has 1 rings (SSSR count). The molecule has 0 heterocycles. The van der Waals surface area contributed by atoms with Gasteiger partial charge in [0.25, 0.3) is 0 Å². The van der Waals surface area contributed by atoms with Gasteiger partial charge in [-0.25, -0.2) is 4.99 Å². The summed E-state index contributed by atoms with van der Waals surface area (Å²) in [5.74, 6) is 0. The SMILES string of the molecule is O=CN=C1C=[C]C=CC1.